The number of aromatic amines is 1. The molecule has 0 atom stereocenters. The van der Waals surface area contributed by atoms with Crippen LogP contribution >= 0.6 is 15.9 Å². The molecule has 18 heavy (non-hydrogen) atoms. The second-order valence-electron chi connectivity index (χ2n) is 3.64. The van der Waals surface area contributed by atoms with Crippen molar-refractivity contribution in [3.05, 3.63) is 34.8 Å². The van der Waals surface area contributed by atoms with Gasteiger partial charge in [-0.3, -0.25) is 0 Å². The van der Waals surface area contributed by atoms with Gasteiger partial charge in [-0.05, 0) is 28.1 Å². The van der Waals surface area contributed by atoms with Crippen molar-refractivity contribution in [3.8, 4) is 11.4 Å². The molecule has 3 rings (SSSR count). The number of imidazole rings is 1. The predicted octanol–water partition coefficient (Wildman–Crippen LogP) is 2.50. The minimum Gasteiger partial charge on any atom is -0.382 e. The Kier molecular flexibility index (Phi) is 2.48. The van der Waals surface area contributed by atoms with Gasteiger partial charge < -0.3 is 10.7 Å². The van der Waals surface area contributed by atoms with Crippen LogP contribution < -0.4 is 5.73 Å². The van der Waals surface area contributed by atoms with Gasteiger partial charge in [-0.15, -0.1) is 0 Å². The lowest BCUT2D eigenvalue weighted by molar-refractivity contribution is 0.621. The van der Waals surface area contributed by atoms with E-state index in [0.29, 0.717) is 32.8 Å². The molecule has 90 valence electrons. The molecule has 0 amide bonds. The van der Waals surface area contributed by atoms with E-state index in [1.807, 2.05) is 0 Å². The summed E-state index contributed by atoms with van der Waals surface area (Å²) < 4.78 is 13.8. The van der Waals surface area contributed by atoms with Crippen molar-refractivity contribution in [1.29, 1.82) is 0 Å². The minimum atomic E-state index is -0.355. The van der Waals surface area contributed by atoms with Crippen LogP contribution in [0.5, 0.6) is 0 Å². The molecule has 3 aromatic rings. The standard InChI is InChI=1S/C11H7BrFN5/c12-7-5(2-1-3-6(7)13)10-17-8-9(14)15-4-16-11(8)18-10/h1-4H,(H3,14,15,16,17,18). The van der Waals surface area contributed by atoms with Gasteiger partial charge in [0.25, 0.3) is 0 Å². The molecular formula is C11H7BrFN5. The molecule has 0 aliphatic rings. The summed E-state index contributed by atoms with van der Waals surface area (Å²) in [5.41, 5.74) is 7.31. The van der Waals surface area contributed by atoms with Gasteiger partial charge in [0.1, 0.15) is 23.5 Å². The second-order valence-corrected chi connectivity index (χ2v) is 4.44. The zero-order chi connectivity index (χ0) is 12.7. The van der Waals surface area contributed by atoms with E-state index in [0.717, 1.165) is 0 Å². The maximum absolute atomic E-state index is 13.5. The molecule has 0 radical (unpaired) electrons. The highest BCUT2D eigenvalue weighted by molar-refractivity contribution is 9.10. The first-order chi connectivity index (χ1) is 8.66. The van der Waals surface area contributed by atoms with Crippen LogP contribution in [0.4, 0.5) is 10.2 Å². The molecule has 0 fully saturated rings. The van der Waals surface area contributed by atoms with Crippen LogP contribution in [0.2, 0.25) is 0 Å². The highest BCUT2D eigenvalue weighted by atomic mass is 79.9. The molecular weight excluding hydrogens is 301 g/mol. The highest BCUT2D eigenvalue weighted by Gasteiger charge is 2.13. The van der Waals surface area contributed by atoms with Crippen molar-refractivity contribution >= 4 is 32.9 Å². The van der Waals surface area contributed by atoms with Gasteiger partial charge in [-0.25, -0.2) is 19.3 Å². The molecule has 0 aliphatic heterocycles. The summed E-state index contributed by atoms with van der Waals surface area (Å²) in [4.78, 5) is 15.1. The van der Waals surface area contributed by atoms with Gasteiger partial charge in [0.15, 0.2) is 11.5 Å². The number of hydrogen-bond donors (Lipinski definition) is 2. The molecule has 3 N–H and O–H groups in total. The number of hydrogen-bond acceptors (Lipinski definition) is 4. The van der Waals surface area contributed by atoms with Gasteiger partial charge >= 0.3 is 0 Å². The Morgan fingerprint density at radius 3 is 2.89 bits per heavy atom. The Labute approximate surface area is 109 Å². The van der Waals surface area contributed by atoms with Crippen LogP contribution in [0.15, 0.2) is 29.0 Å². The predicted molar refractivity (Wildman–Crippen MR) is 69.2 cm³/mol. The number of nitrogens with one attached hydrogen (secondary N) is 1. The number of benzene rings is 1. The van der Waals surface area contributed by atoms with Gasteiger partial charge in [0.05, 0.1) is 4.47 Å². The maximum Gasteiger partial charge on any atom is 0.183 e. The van der Waals surface area contributed by atoms with Crippen molar-refractivity contribution in [2.75, 3.05) is 5.73 Å². The van der Waals surface area contributed by atoms with Crippen molar-refractivity contribution in [2.24, 2.45) is 0 Å². The number of fused-ring (bicyclic) bond motifs is 1. The summed E-state index contributed by atoms with van der Waals surface area (Å²) in [6.07, 6.45) is 1.34. The third-order valence-electron chi connectivity index (χ3n) is 2.52. The smallest absolute Gasteiger partial charge is 0.183 e. The number of aromatic nitrogens is 4. The third-order valence-corrected chi connectivity index (χ3v) is 3.33. The van der Waals surface area contributed by atoms with E-state index in [9.17, 15) is 4.39 Å². The van der Waals surface area contributed by atoms with Crippen LogP contribution in [0.3, 0.4) is 0 Å². The lowest BCUT2D eigenvalue weighted by atomic mass is 10.2. The summed E-state index contributed by atoms with van der Waals surface area (Å²) in [5.74, 6) is 0.446. The number of nitrogens with two attached hydrogens (primary N) is 1. The summed E-state index contributed by atoms with van der Waals surface area (Å²) in [7, 11) is 0. The summed E-state index contributed by atoms with van der Waals surface area (Å²) in [5, 5.41) is 0. The molecule has 0 aliphatic carbocycles. The van der Waals surface area contributed by atoms with Gasteiger partial charge in [0, 0.05) is 5.56 Å². The Hall–Kier alpha value is -2.02. The number of nitrogen functional groups attached to an aromatic ring is 1. The van der Waals surface area contributed by atoms with E-state index in [4.69, 9.17) is 5.73 Å². The van der Waals surface area contributed by atoms with Crippen molar-refractivity contribution in [3.63, 3.8) is 0 Å². The second kappa shape index (κ2) is 4.02. The number of H-pyrrole nitrogens is 1. The van der Waals surface area contributed by atoms with E-state index in [2.05, 4.69) is 35.9 Å². The van der Waals surface area contributed by atoms with Crippen molar-refractivity contribution in [1.82, 2.24) is 19.9 Å². The summed E-state index contributed by atoms with van der Waals surface area (Å²) in [6, 6.07) is 4.72. The Morgan fingerprint density at radius 1 is 1.28 bits per heavy atom. The van der Waals surface area contributed by atoms with Gasteiger partial charge in [-0.1, -0.05) is 6.07 Å². The van der Waals surface area contributed by atoms with Crippen LogP contribution in [0, 0.1) is 5.82 Å². The fraction of sp³-hybridized carbons (Fsp3) is 0. The number of anilines is 1. The molecule has 2 aromatic heterocycles. The lowest BCUT2D eigenvalue weighted by Crippen LogP contribution is -1.91. The molecule has 5 nitrogen and oxygen atoms in total. The van der Waals surface area contributed by atoms with E-state index in [-0.39, 0.29) is 5.82 Å². The lowest BCUT2D eigenvalue weighted by Gasteiger charge is -2.00. The fourth-order valence-corrected chi connectivity index (χ4v) is 2.11. The normalized spacial score (nSPS) is 11.0. The highest BCUT2D eigenvalue weighted by Crippen LogP contribution is 2.29. The maximum atomic E-state index is 13.5. The van der Waals surface area contributed by atoms with Gasteiger partial charge in [-0.2, -0.15) is 0 Å². The van der Waals surface area contributed by atoms with E-state index >= 15 is 0 Å². The quantitative estimate of drug-likeness (QED) is 0.724. The molecule has 7 heteroatoms. The van der Waals surface area contributed by atoms with Crippen molar-refractivity contribution in [2.45, 2.75) is 0 Å². The summed E-state index contributed by atoms with van der Waals surface area (Å²) in [6.45, 7) is 0. The molecule has 0 bridgehead atoms. The first-order valence-corrected chi connectivity index (χ1v) is 5.86. The van der Waals surface area contributed by atoms with Crippen LogP contribution in [0.1, 0.15) is 0 Å². The molecule has 0 spiro atoms. The molecule has 0 saturated carbocycles. The molecule has 2 heterocycles. The molecule has 1 aromatic carbocycles. The Bertz CT molecular complexity index is 739. The van der Waals surface area contributed by atoms with Crippen LogP contribution in [-0.4, -0.2) is 19.9 Å². The van der Waals surface area contributed by atoms with E-state index < -0.39 is 0 Å². The summed E-state index contributed by atoms with van der Waals surface area (Å²) >= 11 is 3.19. The van der Waals surface area contributed by atoms with Crippen LogP contribution in [0.25, 0.3) is 22.6 Å². The SMILES string of the molecule is Nc1ncnc2nc(-c3cccc(F)c3Br)[nH]c12. The average molecular weight is 308 g/mol. The van der Waals surface area contributed by atoms with E-state index in [1.54, 1.807) is 12.1 Å². The van der Waals surface area contributed by atoms with Crippen molar-refractivity contribution < 1.29 is 4.39 Å². The molecule has 0 saturated heterocycles. The number of nitrogens with zero attached hydrogens (tertiary/aromatic N) is 3. The number of halogens is 2. The Balaban J connectivity index is 2.26. The average Bonchev–Trinajstić information content (AvgIpc) is 2.78. The monoisotopic (exact) mass is 307 g/mol. The van der Waals surface area contributed by atoms with Crippen LogP contribution in [-0.2, 0) is 0 Å². The Morgan fingerprint density at radius 2 is 2.11 bits per heavy atom. The zero-order valence-corrected chi connectivity index (χ0v) is 10.6. The van der Waals surface area contributed by atoms with E-state index in [1.165, 1.54) is 12.4 Å². The number of rotatable bonds is 1. The zero-order valence-electron chi connectivity index (χ0n) is 8.98. The van der Waals surface area contributed by atoms with Gasteiger partial charge in [0.2, 0.25) is 0 Å². The largest absolute Gasteiger partial charge is 0.382 e. The first-order valence-electron chi connectivity index (χ1n) is 5.07. The first kappa shape index (κ1) is 11.1. The topological polar surface area (TPSA) is 80.5 Å². The minimum absolute atomic E-state index is 0.311. The fourth-order valence-electron chi connectivity index (χ4n) is 1.66. The molecule has 0 unspecified atom stereocenters. The third kappa shape index (κ3) is 1.63.